The molecule has 0 aromatic heterocycles. The van der Waals surface area contributed by atoms with Crippen LogP contribution in [0.25, 0.3) is 0 Å². The predicted octanol–water partition coefficient (Wildman–Crippen LogP) is 3.76. The lowest BCUT2D eigenvalue weighted by molar-refractivity contribution is 0.0746. The number of aryl methyl sites for hydroxylation is 1. The molecule has 0 radical (unpaired) electrons. The number of carbonyl (C=O) groups is 2. The number of amides is 2. The second kappa shape index (κ2) is 8.26. The molecule has 0 spiro atoms. The van der Waals surface area contributed by atoms with E-state index in [1.165, 1.54) is 23.1 Å². The van der Waals surface area contributed by atoms with Gasteiger partial charge in [-0.25, -0.2) is 4.39 Å². The molecule has 1 atom stereocenters. The fourth-order valence-electron chi connectivity index (χ4n) is 2.40. The second-order valence-corrected chi connectivity index (χ2v) is 6.09. The van der Waals surface area contributed by atoms with Crippen LogP contribution < -0.4 is 5.32 Å². The van der Waals surface area contributed by atoms with Gasteiger partial charge in [0.15, 0.2) is 0 Å². The third kappa shape index (κ3) is 4.25. The normalized spacial score (nSPS) is 11.3. The lowest BCUT2D eigenvalue weighted by Gasteiger charge is -2.23. The molecule has 0 bridgehead atoms. The molecule has 0 fully saturated rings. The van der Waals surface area contributed by atoms with Crippen molar-refractivity contribution in [2.75, 3.05) is 12.4 Å². The zero-order valence-corrected chi connectivity index (χ0v) is 14.9. The molecule has 6 heteroatoms. The fraction of sp³-hybridized carbons (Fsp3) is 0.250. The summed E-state index contributed by atoms with van der Waals surface area (Å²) in [6.45, 7) is 3.57. The van der Waals surface area contributed by atoms with Crippen LogP contribution >= 0.6 is 0 Å². The first-order valence-electron chi connectivity index (χ1n) is 8.15. The van der Waals surface area contributed by atoms with Gasteiger partial charge in [-0.1, -0.05) is 18.2 Å². The quantitative estimate of drug-likeness (QED) is 0.889. The lowest BCUT2D eigenvalue weighted by atomic mass is 10.1. The highest BCUT2D eigenvalue weighted by Gasteiger charge is 2.19. The van der Waals surface area contributed by atoms with Crippen LogP contribution in [0.5, 0.6) is 0 Å². The maximum atomic E-state index is 13.8. The molecule has 26 heavy (non-hydrogen) atoms. The van der Waals surface area contributed by atoms with E-state index >= 15 is 0 Å². The third-order valence-electron chi connectivity index (χ3n) is 4.22. The molecule has 2 aromatic rings. The molecular formula is C20H20FN3O2. The Morgan fingerprint density at radius 2 is 1.96 bits per heavy atom. The van der Waals surface area contributed by atoms with E-state index in [1.807, 2.05) is 6.07 Å². The van der Waals surface area contributed by atoms with Crippen molar-refractivity contribution in [3.05, 3.63) is 65.0 Å². The van der Waals surface area contributed by atoms with Crippen LogP contribution in [0.1, 0.15) is 39.6 Å². The number of hydrogen-bond acceptors (Lipinski definition) is 3. The van der Waals surface area contributed by atoms with Crippen LogP contribution in [0, 0.1) is 24.1 Å². The van der Waals surface area contributed by atoms with Gasteiger partial charge in [0.25, 0.3) is 11.8 Å². The number of nitriles is 1. The Kier molecular flexibility index (Phi) is 6.07. The van der Waals surface area contributed by atoms with Crippen LogP contribution in [-0.2, 0) is 0 Å². The van der Waals surface area contributed by atoms with Crippen molar-refractivity contribution in [3.8, 4) is 6.07 Å². The molecule has 5 nitrogen and oxygen atoms in total. The van der Waals surface area contributed by atoms with E-state index in [0.29, 0.717) is 11.3 Å². The lowest BCUT2D eigenvalue weighted by Crippen LogP contribution is -2.34. The number of nitrogens with one attached hydrogen (secondary N) is 1. The molecule has 2 aromatic carbocycles. The van der Waals surface area contributed by atoms with E-state index in [2.05, 4.69) is 5.32 Å². The molecule has 134 valence electrons. The number of anilines is 1. The Morgan fingerprint density at radius 3 is 2.62 bits per heavy atom. The molecule has 2 rings (SSSR count). The van der Waals surface area contributed by atoms with Crippen molar-refractivity contribution in [1.29, 1.82) is 5.26 Å². The van der Waals surface area contributed by atoms with Gasteiger partial charge in [0.1, 0.15) is 5.82 Å². The van der Waals surface area contributed by atoms with Gasteiger partial charge in [0.05, 0.1) is 18.1 Å². The summed E-state index contributed by atoms with van der Waals surface area (Å²) in [5, 5.41) is 11.4. The minimum atomic E-state index is -0.611. The Hall–Kier alpha value is -3.20. The first kappa shape index (κ1) is 19.1. The minimum Gasteiger partial charge on any atom is -0.338 e. The number of hydrogen-bond donors (Lipinski definition) is 1. The van der Waals surface area contributed by atoms with E-state index in [1.54, 1.807) is 45.2 Å². The molecule has 0 aliphatic heterocycles. The first-order chi connectivity index (χ1) is 12.3. The largest absolute Gasteiger partial charge is 0.338 e. The maximum Gasteiger partial charge on any atom is 0.258 e. The van der Waals surface area contributed by atoms with E-state index in [4.69, 9.17) is 5.26 Å². The molecular weight excluding hydrogens is 333 g/mol. The Bertz CT molecular complexity index is 874. The van der Waals surface area contributed by atoms with Gasteiger partial charge < -0.3 is 10.2 Å². The smallest absolute Gasteiger partial charge is 0.258 e. The van der Waals surface area contributed by atoms with Gasteiger partial charge in [-0.05, 0) is 43.7 Å². The SMILES string of the molecule is Cc1ccc(C(=O)N(C)C(C)CC#N)cc1NC(=O)c1ccccc1F. The highest BCUT2D eigenvalue weighted by atomic mass is 19.1. The summed E-state index contributed by atoms with van der Waals surface area (Å²) in [6, 6.07) is 12.4. The van der Waals surface area contributed by atoms with Gasteiger partial charge in [0.2, 0.25) is 0 Å². The first-order valence-corrected chi connectivity index (χ1v) is 8.15. The fourth-order valence-corrected chi connectivity index (χ4v) is 2.40. The summed E-state index contributed by atoms with van der Waals surface area (Å²) in [5.41, 5.74) is 1.50. The predicted molar refractivity (Wildman–Crippen MR) is 97.3 cm³/mol. The van der Waals surface area contributed by atoms with Crippen LogP contribution in [0.15, 0.2) is 42.5 Å². The summed E-state index contributed by atoms with van der Waals surface area (Å²) < 4.78 is 13.8. The zero-order valence-electron chi connectivity index (χ0n) is 14.9. The molecule has 0 aliphatic carbocycles. The standard InChI is InChI=1S/C20H20FN3O2/c1-13-8-9-15(20(26)24(3)14(2)10-11-22)12-18(13)23-19(25)16-6-4-5-7-17(16)21/h4-9,12,14H,10H2,1-3H3,(H,23,25). The average molecular weight is 353 g/mol. The maximum absolute atomic E-state index is 13.8. The van der Waals surface area contributed by atoms with Crippen LogP contribution in [0.4, 0.5) is 10.1 Å². The van der Waals surface area contributed by atoms with E-state index in [9.17, 15) is 14.0 Å². The highest BCUT2D eigenvalue weighted by molar-refractivity contribution is 6.05. The number of benzene rings is 2. The topological polar surface area (TPSA) is 73.2 Å². The van der Waals surface area contributed by atoms with Gasteiger partial charge in [-0.15, -0.1) is 0 Å². The summed E-state index contributed by atoms with van der Waals surface area (Å²) >= 11 is 0. The molecule has 1 N–H and O–H groups in total. The zero-order chi connectivity index (χ0) is 19.3. The van der Waals surface area contributed by atoms with Gasteiger partial charge in [-0.3, -0.25) is 9.59 Å². The van der Waals surface area contributed by atoms with Crippen molar-refractivity contribution in [2.24, 2.45) is 0 Å². The second-order valence-electron chi connectivity index (χ2n) is 6.09. The van der Waals surface area contributed by atoms with E-state index < -0.39 is 11.7 Å². The number of rotatable bonds is 5. The van der Waals surface area contributed by atoms with Gasteiger partial charge in [-0.2, -0.15) is 5.26 Å². The Labute approximate surface area is 152 Å². The Balaban J connectivity index is 2.25. The summed E-state index contributed by atoms with van der Waals surface area (Å²) in [4.78, 5) is 26.4. The summed E-state index contributed by atoms with van der Waals surface area (Å²) in [6.07, 6.45) is 0.227. The molecule has 0 aliphatic rings. The minimum absolute atomic E-state index is 0.0663. The van der Waals surface area contributed by atoms with Crippen molar-refractivity contribution < 1.29 is 14.0 Å². The summed E-state index contributed by atoms with van der Waals surface area (Å²) in [7, 11) is 1.63. The van der Waals surface area contributed by atoms with Gasteiger partial charge in [0, 0.05) is 24.3 Å². The van der Waals surface area contributed by atoms with Crippen molar-refractivity contribution >= 4 is 17.5 Å². The van der Waals surface area contributed by atoms with Gasteiger partial charge >= 0.3 is 0 Å². The molecule has 1 unspecified atom stereocenters. The third-order valence-corrected chi connectivity index (χ3v) is 4.22. The van der Waals surface area contributed by atoms with Crippen LogP contribution in [0.2, 0.25) is 0 Å². The van der Waals surface area contributed by atoms with Crippen LogP contribution in [-0.4, -0.2) is 29.8 Å². The number of halogens is 1. The average Bonchev–Trinajstić information content (AvgIpc) is 2.62. The molecule has 2 amide bonds. The number of nitrogens with zero attached hydrogens (tertiary/aromatic N) is 2. The van der Waals surface area contributed by atoms with Crippen molar-refractivity contribution in [3.63, 3.8) is 0 Å². The van der Waals surface area contributed by atoms with Crippen molar-refractivity contribution in [2.45, 2.75) is 26.3 Å². The molecule has 0 saturated carbocycles. The van der Waals surface area contributed by atoms with Crippen LogP contribution in [0.3, 0.4) is 0 Å². The van der Waals surface area contributed by atoms with E-state index in [0.717, 1.165) is 5.56 Å². The molecule has 0 saturated heterocycles. The molecule has 0 heterocycles. The highest BCUT2D eigenvalue weighted by Crippen LogP contribution is 2.20. The van der Waals surface area contributed by atoms with E-state index in [-0.39, 0.29) is 23.9 Å². The summed E-state index contributed by atoms with van der Waals surface area (Å²) in [5.74, 6) is -1.45. The van der Waals surface area contributed by atoms with Crippen molar-refractivity contribution in [1.82, 2.24) is 4.90 Å². The number of carbonyl (C=O) groups excluding carboxylic acids is 2. The monoisotopic (exact) mass is 353 g/mol. The Morgan fingerprint density at radius 1 is 1.27 bits per heavy atom.